The van der Waals surface area contributed by atoms with Crippen LogP contribution in [0, 0.1) is 0 Å². The van der Waals surface area contributed by atoms with E-state index in [2.05, 4.69) is 20.2 Å². The van der Waals surface area contributed by atoms with Crippen molar-refractivity contribution in [1.29, 1.82) is 0 Å². The molecule has 3 heterocycles. The number of aromatic amines is 2. The normalized spacial score (nSPS) is 24.0. The molecule has 0 radical (unpaired) electrons. The number of hydrogen-bond acceptors (Lipinski definition) is 5. The number of rotatable bonds is 3. The average molecular weight is 344 g/mol. The van der Waals surface area contributed by atoms with Crippen LogP contribution in [0.4, 0.5) is 0 Å². The first-order valence-corrected chi connectivity index (χ1v) is 8.51. The molecule has 0 aliphatic carbocycles. The number of nitrogens with zero attached hydrogens (tertiary/aromatic N) is 1. The molecule has 0 unspecified atom stereocenters. The molecule has 4 rings (SSSR count). The first-order chi connectivity index (χ1) is 12.1. The molecule has 2 atom stereocenters. The van der Waals surface area contributed by atoms with Crippen molar-refractivity contribution in [2.75, 3.05) is 26.3 Å². The van der Waals surface area contributed by atoms with Crippen LogP contribution in [0.1, 0.15) is 23.2 Å². The SMILES string of the molecule is O=C(N[C@@H]1COC[C@H]1N1CCCC1)c1ccc2[nH]c(=O)c(=O)[nH]c2c1. The highest BCUT2D eigenvalue weighted by Crippen LogP contribution is 2.19. The van der Waals surface area contributed by atoms with Crippen molar-refractivity contribution in [2.45, 2.75) is 24.9 Å². The standard InChI is InChI=1S/C17H20N4O4/c22-15(20-13-8-25-9-14(13)21-5-1-2-6-21)10-3-4-11-12(7-10)19-17(24)16(23)18-11/h3-4,7,13-14H,1-2,5-6,8-9H2,(H,18,23)(H,19,24)(H,20,22)/t13-,14-/m1/s1. The quantitative estimate of drug-likeness (QED) is 0.669. The van der Waals surface area contributed by atoms with E-state index in [0.717, 1.165) is 13.1 Å². The number of amides is 1. The van der Waals surface area contributed by atoms with E-state index in [1.807, 2.05) is 0 Å². The molecule has 2 aliphatic heterocycles. The van der Waals surface area contributed by atoms with Crippen LogP contribution in [-0.2, 0) is 4.74 Å². The lowest BCUT2D eigenvalue weighted by Crippen LogP contribution is -2.50. The molecule has 8 nitrogen and oxygen atoms in total. The van der Waals surface area contributed by atoms with Gasteiger partial charge in [-0.3, -0.25) is 19.3 Å². The largest absolute Gasteiger partial charge is 0.378 e. The second kappa shape index (κ2) is 6.45. The summed E-state index contributed by atoms with van der Waals surface area (Å²) in [5.41, 5.74) is -0.0943. The van der Waals surface area contributed by atoms with E-state index in [1.165, 1.54) is 12.8 Å². The number of benzene rings is 1. The topological polar surface area (TPSA) is 107 Å². The molecular weight excluding hydrogens is 324 g/mol. The van der Waals surface area contributed by atoms with Crippen LogP contribution in [0.2, 0.25) is 0 Å². The van der Waals surface area contributed by atoms with Gasteiger partial charge in [0.25, 0.3) is 5.91 Å². The molecule has 25 heavy (non-hydrogen) atoms. The van der Waals surface area contributed by atoms with Crippen LogP contribution >= 0.6 is 0 Å². The lowest BCUT2D eigenvalue weighted by Gasteiger charge is -2.27. The summed E-state index contributed by atoms with van der Waals surface area (Å²) >= 11 is 0. The van der Waals surface area contributed by atoms with E-state index in [-0.39, 0.29) is 18.0 Å². The second-order valence-electron chi connectivity index (χ2n) is 6.60. The molecule has 2 fully saturated rings. The summed E-state index contributed by atoms with van der Waals surface area (Å²) in [6.07, 6.45) is 2.38. The van der Waals surface area contributed by atoms with Crippen LogP contribution in [0.3, 0.4) is 0 Å². The van der Waals surface area contributed by atoms with Gasteiger partial charge in [-0.15, -0.1) is 0 Å². The fraction of sp³-hybridized carbons (Fsp3) is 0.471. The Morgan fingerprint density at radius 1 is 1.08 bits per heavy atom. The molecule has 132 valence electrons. The predicted molar refractivity (Wildman–Crippen MR) is 91.9 cm³/mol. The van der Waals surface area contributed by atoms with E-state index < -0.39 is 11.1 Å². The molecule has 0 saturated carbocycles. The minimum Gasteiger partial charge on any atom is -0.378 e. The van der Waals surface area contributed by atoms with Crippen LogP contribution in [0.5, 0.6) is 0 Å². The number of hydrogen-bond donors (Lipinski definition) is 3. The Hall–Kier alpha value is -2.45. The van der Waals surface area contributed by atoms with Crippen molar-refractivity contribution in [3.8, 4) is 0 Å². The third-order valence-corrected chi connectivity index (χ3v) is 4.96. The van der Waals surface area contributed by atoms with Crippen molar-refractivity contribution >= 4 is 16.9 Å². The van der Waals surface area contributed by atoms with Gasteiger partial charge in [0.2, 0.25) is 0 Å². The van der Waals surface area contributed by atoms with E-state index >= 15 is 0 Å². The van der Waals surface area contributed by atoms with Gasteiger partial charge in [-0.1, -0.05) is 0 Å². The maximum absolute atomic E-state index is 12.6. The smallest absolute Gasteiger partial charge is 0.314 e. The van der Waals surface area contributed by atoms with Crippen molar-refractivity contribution in [1.82, 2.24) is 20.2 Å². The first kappa shape index (κ1) is 16.0. The Morgan fingerprint density at radius 3 is 2.56 bits per heavy atom. The molecule has 1 aromatic carbocycles. The molecule has 1 aromatic heterocycles. The van der Waals surface area contributed by atoms with Gasteiger partial charge in [0.15, 0.2) is 0 Å². The highest BCUT2D eigenvalue weighted by atomic mass is 16.5. The van der Waals surface area contributed by atoms with Crippen LogP contribution < -0.4 is 16.4 Å². The maximum atomic E-state index is 12.6. The lowest BCUT2D eigenvalue weighted by atomic mass is 10.1. The summed E-state index contributed by atoms with van der Waals surface area (Å²) in [7, 11) is 0. The molecule has 1 amide bonds. The summed E-state index contributed by atoms with van der Waals surface area (Å²) in [6.45, 7) is 3.23. The van der Waals surface area contributed by atoms with Gasteiger partial charge in [0.1, 0.15) is 0 Å². The predicted octanol–water partition coefficient (Wildman–Crippen LogP) is -0.191. The number of fused-ring (bicyclic) bond motifs is 1. The highest BCUT2D eigenvalue weighted by Gasteiger charge is 2.35. The Labute approximate surface area is 143 Å². The molecule has 0 spiro atoms. The van der Waals surface area contributed by atoms with Gasteiger partial charge >= 0.3 is 11.1 Å². The van der Waals surface area contributed by atoms with Crippen molar-refractivity contribution in [3.05, 3.63) is 44.5 Å². The Balaban J connectivity index is 1.54. The van der Waals surface area contributed by atoms with E-state index in [0.29, 0.717) is 29.8 Å². The summed E-state index contributed by atoms with van der Waals surface area (Å²) in [6, 6.07) is 4.99. The van der Waals surface area contributed by atoms with E-state index in [1.54, 1.807) is 18.2 Å². The van der Waals surface area contributed by atoms with Crippen molar-refractivity contribution in [3.63, 3.8) is 0 Å². The minimum atomic E-state index is -0.733. The fourth-order valence-electron chi connectivity index (χ4n) is 3.62. The number of carbonyl (C=O) groups is 1. The van der Waals surface area contributed by atoms with Crippen LogP contribution in [-0.4, -0.2) is 59.2 Å². The molecule has 2 saturated heterocycles. The fourth-order valence-corrected chi connectivity index (χ4v) is 3.62. The van der Waals surface area contributed by atoms with E-state index in [9.17, 15) is 14.4 Å². The zero-order valence-electron chi connectivity index (χ0n) is 13.7. The monoisotopic (exact) mass is 344 g/mol. The Kier molecular flexibility index (Phi) is 4.14. The second-order valence-corrected chi connectivity index (χ2v) is 6.60. The Morgan fingerprint density at radius 2 is 1.80 bits per heavy atom. The molecule has 8 heteroatoms. The van der Waals surface area contributed by atoms with E-state index in [4.69, 9.17) is 4.74 Å². The summed E-state index contributed by atoms with van der Waals surface area (Å²) in [5.74, 6) is -0.214. The zero-order chi connectivity index (χ0) is 17.4. The van der Waals surface area contributed by atoms with Crippen LogP contribution in [0.25, 0.3) is 11.0 Å². The number of carbonyl (C=O) groups excluding carboxylic acids is 1. The third kappa shape index (κ3) is 3.10. The average Bonchev–Trinajstić information content (AvgIpc) is 3.26. The number of likely N-dealkylation sites (tertiary alicyclic amines) is 1. The van der Waals surface area contributed by atoms with Crippen LogP contribution in [0.15, 0.2) is 27.8 Å². The van der Waals surface area contributed by atoms with Gasteiger partial charge in [-0.25, -0.2) is 0 Å². The van der Waals surface area contributed by atoms with Gasteiger partial charge < -0.3 is 20.0 Å². The summed E-state index contributed by atoms with van der Waals surface area (Å²) < 4.78 is 5.57. The van der Waals surface area contributed by atoms with Gasteiger partial charge in [-0.05, 0) is 44.1 Å². The van der Waals surface area contributed by atoms with Gasteiger partial charge in [-0.2, -0.15) is 0 Å². The number of H-pyrrole nitrogens is 2. The maximum Gasteiger partial charge on any atom is 0.314 e. The highest BCUT2D eigenvalue weighted by molar-refractivity contribution is 5.97. The molecule has 2 aliphatic rings. The molecular formula is C17H20N4O4. The Bertz CT molecular complexity index is 913. The number of nitrogens with one attached hydrogen (secondary N) is 3. The number of ether oxygens (including phenoxy) is 1. The third-order valence-electron chi connectivity index (χ3n) is 4.96. The van der Waals surface area contributed by atoms with Crippen molar-refractivity contribution in [2.24, 2.45) is 0 Å². The van der Waals surface area contributed by atoms with Crippen molar-refractivity contribution < 1.29 is 9.53 Å². The molecule has 0 bridgehead atoms. The minimum absolute atomic E-state index is 0.0454. The summed E-state index contributed by atoms with van der Waals surface area (Å²) in [5, 5.41) is 3.04. The first-order valence-electron chi connectivity index (χ1n) is 8.51. The van der Waals surface area contributed by atoms with Gasteiger partial charge in [0.05, 0.1) is 36.3 Å². The number of aromatic nitrogens is 2. The molecule has 2 aromatic rings. The lowest BCUT2D eigenvalue weighted by molar-refractivity contribution is 0.0916. The molecule has 3 N–H and O–H groups in total. The zero-order valence-corrected chi connectivity index (χ0v) is 13.7. The summed E-state index contributed by atoms with van der Waals surface area (Å²) in [4.78, 5) is 42.8. The van der Waals surface area contributed by atoms with Gasteiger partial charge in [0, 0.05) is 5.56 Å².